The van der Waals surface area contributed by atoms with E-state index in [-0.39, 0.29) is 12.8 Å². The van der Waals surface area contributed by atoms with Crippen LogP contribution in [0.2, 0.25) is 0 Å². The van der Waals surface area contributed by atoms with Crippen LogP contribution in [0.1, 0.15) is 258 Å². The number of allylic oxidation sites excluding steroid dienone is 6. The Kier molecular flexibility index (Phi) is 44.8. The minimum Gasteiger partial charge on any atom is -0.394 e. The highest BCUT2D eigenvalue weighted by atomic mass is 16.7. The Morgan fingerprint density at radius 2 is 0.870 bits per heavy atom. The quantitative estimate of drug-likeness (QED) is 0.0215. The van der Waals surface area contributed by atoms with Gasteiger partial charge in [0.05, 0.1) is 25.4 Å². The third-order valence-corrected chi connectivity index (χ3v) is 13.9. The number of nitrogens with one attached hydrogen (secondary N) is 1. The Morgan fingerprint density at radius 1 is 0.493 bits per heavy atom. The monoisotopic (exact) mass is 980 g/mol. The summed E-state index contributed by atoms with van der Waals surface area (Å²) in [5, 5.41) is 76.1. The van der Waals surface area contributed by atoms with E-state index in [2.05, 4.69) is 55.6 Å². The number of carbonyl (C=O) groups is 1. The first-order valence-corrected chi connectivity index (χ1v) is 28.9. The maximum Gasteiger partial charge on any atom is 0.249 e. The van der Waals surface area contributed by atoms with Gasteiger partial charge in [0.25, 0.3) is 0 Å². The Bertz CT molecular complexity index is 1210. The van der Waals surface area contributed by atoms with Crippen LogP contribution in [0.15, 0.2) is 36.5 Å². The highest BCUT2D eigenvalue weighted by Crippen LogP contribution is 2.23. The van der Waals surface area contributed by atoms with Crippen LogP contribution in [-0.2, 0) is 14.3 Å². The smallest absolute Gasteiger partial charge is 0.249 e. The number of aliphatic hydroxyl groups is 7. The lowest BCUT2D eigenvalue weighted by Gasteiger charge is -2.40. The number of rotatable bonds is 49. The predicted octanol–water partition coefficient (Wildman–Crippen LogP) is 11.9. The van der Waals surface area contributed by atoms with Crippen molar-refractivity contribution in [1.29, 1.82) is 0 Å². The van der Waals surface area contributed by atoms with Crippen molar-refractivity contribution in [3.8, 4) is 0 Å². The van der Waals surface area contributed by atoms with Gasteiger partial charge in [0.15, 0.2) is 6.29 Å². The van der Waals surface area contributed by atoms with E-state index in [9.17, 15) is 40.5 Å². The third-order valence-electron chi connectivity index (χ3n) is 13.9. The fraction of sp³-hybridized carbons (Fsp3) is 0.879. The fourth-order valence-electron chi connectivity index (χ4n) is 9.18. The normalized spacial score (nSPS) is 20.6. The molecule has 0 radical (unpaired) electrons. The van der Waals surface area contributed by atoms with Crippen LogP contribution < -0.4 is 5.32 Å². The van der Waals surface area contributed by atoms with Crippen molar-refractivity contribution in [2.45, 2.75) is 313 Å². The molecule has 69 heavy (non-hydrogen) atoms. The van der Waals surface area contributed by atoms with Crippen LogP contribution in [0, 0.1) is 0 Å². The van der Waals surface area contributed by atoms with Crippen LogP contribution >= 0.6 is 0 Å². The highest BCUT2D eigenvalue weighted by Gasteiger charge is 2.44. The molecule has 1 amide bonds. The molecule has 1 heterocycles. The van der Waals surface area contributed by atoms with Crippen LogP contribution in [0.5, 0.6) is 0 Å². The largest absolute Gasteiger partial charge is 0.394 e. The summed E-state index contributed by atoms with van der Waals surface area (Å²) in [4.78, 5) is 13.2. The molecule has 0 saturated carbocycles. The van der Waals surface area contributed by atoms with Gasteiger partial charge in [-0.25, -0.2) is 0 Å². The molecule has 1 rings (SSSR count). The van der Waals surface area contributed by atoms with Crippen molar-refractivity contribution in [2.24, 2.45) is 0 Å². The van der Waals surface area contributed by atoms with Crippen molar-refractivity contribution in [3.05, 3.63) is 36.5 Å². The maximum absolute atomic E-state index is 13.2. The summed E-state index contributed by atoms with van der Waals surface area (Å²) < 4.78 is 11.1. The molecule has 8 N–H and O–H groups in total. The molecule has 9 atom stereocenters. The van der Waals surface area contributed by atoms with E-state index in [1.54, 1.807) is 0 Å². The first-order chi connectivity index (χ1) is 33.7. The second-order valence-corrected chi connectivity index (χ2v) is 20.3. The second kappa shape index (κ2) is 47.3. The van der Waals surface area contributed by atoms with E-state index in [1.165, 1.54) is 167 Å². The number of hydrogen-bond donors (Lipinski definition) is 8. The van der Waals surface area contributed by atoms with Crippen molar-refractivity contribution >= 4 is 5.91 Å². The first kappa shape index (κ1) is 65.3. The maximum atomic E-state index is 13.2. The lowest BCUT2D eigenvalue weighted by Crippen LogP contribution is -2.60. The molecule has 1 aliphatic rings. The molecule has 0 aromatic rings. The van der Waals surface area contributed by atoms with Crippen LogP contribution in [0.25, 0.3) is 0 Å². The molecule has 1 aliphatic heterocycles. The van der Waals surface area contributed by atoms with E-state index >= 15 is 0 Å². The molecule has 1 saturated heterocycles. The lowest BCUT2D eigenvalue weighted by atomic mass is 9.98. The van der Waals surface area contributed by atoms with Crippen LogP contribution in [0.3, 0.4) is 0 Å². The van der Waals surface area contributed by atoms with Crippen molar-refractivity contribution < 1.29 is 50.0 Å². The minimum absolute atomic E-state index is 0.242. The number of ether oxygens (including phenoxy) is 2. The Morgan fingerprint density at radius 3 is 1.29 bits per heavy atom. The average molecular weight is 981 g/mol. The number of aliphatic hydroxyl groups excluding tert-OH is 7. The van der Waals surface area contributed by atoms with Crippen molar-refractivity contribution in [3.63, 3.8) is 0 Å². The van der Waals surface area contributed by atoms with Gasteiger partial charge < -0.3 is 50.5 Å². The SMILES string of the molecule is CCCCCCCC/C=C/CC/C=C/CC/C=C/CCCC(O)C(O)C(COC1OC(CO)C(O)C(O)C1O)NC(=O)C(O)CCCCCCCCCCCCCCCCCCCCCCCCC. The van der Waals surface area contributed by atoms with Crippen molar-refractivity contribution in [1.82, 2.24) is 5.32 Å². The Hall–Kier alpha value is -1.67. The molecule has 9 unspecified atom stereocenters. The summed E-state index contributed by atoms with van der Waals surface area (Å²) in [6, 6.07) is -1.19. The predicted molar refractivity (Wildman–Crippen MR) is 284 cm³/mol. The zero-order chi connectivity index (χ0) is 50.4. The van der Waals surface area contributed by atoms with Crippen molar-refractivity contribution in [2.75, 3.05) is 13.2 Å². The lowest BCUT2D eigenvalue weighted by molar-refractivity contribution is -0.303. The number of hydrogen-bond acceptors (Lipinski definition) is 10. The molecular weight excluding hydrogens is 871 g/mol. The summed E-state index contributed by atoms with van der Waals surface area (Å²) in [7, 11) is 0. The summed E-state index contributed by atoms with van der Waals surface area (Å²) in [5.74, 6) is -0.709. The summed E-state index contributed by atoms with van der Waals surface area (Å²) in [5.41, 5.74) is 0. The first-order valence-electron chi connectivity index (χ1n) is 28.9. The molecule has 0 aromatic heterocycles. The van der Waals surface area contributed by atoms with Gasteiger partial charge in [-0.15, -0.1) is 0 Å². The number of amides is 1. The summed E-state index contributed by atoms with van der Waals surface area (Å²) in [6.45, 7) is 3.45. The van der Waals surface area contributed by atoms with Gasteiger partial charge in [-0.05, 0) is 64.2 Å². The van der Waals surface area contributed by atoms with E-state index in [0.717, 1.165) is 44.9 Å². The minimum atomic E-state index is -1.67. The molecule has 0 aliphatic carbocycles. The molecule has 11 nitrogen and oxygen atoms in total. The van der Waals surface area contributed by atoms with Gasteiger partial charge in [0.1, 0.15) is 36.6 Å². The van der Waals surface area contributed by atoms with Gasteiger partial charge >= 0.3 is 0 Å². The van der Waals surface area contributed by atoms with Gasteiger partial charge in [-0.3, -0.25) is 4.79 Å². The average Bonchev–Trinajstić information content (AvgIpc) is 3.35. The fourth-order valence-corrected chi connectivity index (χ4v) is 9.18. The van der Waals surface area contributed by atoms with E-state index in [4.69, 9.17) is 9.47 Å². The van der Waals surface area contributed by atoms with Crippen LogP contribution in [-0.4, -0.2) is 110 Å². The van der Waals surface area contributed by atoms with E-state index < -0.39 is 74.2 Å². The topological polar surface area (TPSA) is 189 Å². The standard InChI is InChI=1S/C58H109NO10/c1-3-5-7-9-11-13-15-17-19-21-23-24-25-26-28-30-32-34-36-38-40-42-44-46-51(62)57(67)59-49(48-68-58-56(66)55(65)54(64)52(47-60)69-58)53(63)50(61)45-43-41-39-37-35-33-31-29-27-22-20-18-16-14-12-10-8-6-4-2/h18,20,29,31,37,39,49-56,58,60-66H,3-17,19,21-28,30,32-36,38,40-48H2,1-2H3,(H,59,67)/b20-18+,31-29+,39-37+. The second-order valence-electron chi connectivity index (χ2n) is 20.3. The molecule has 406 valence electrons. The Balaban J connectivity index is 2.34. The molecule has 0 aromatic carbocycles. The van der Waals surface area contributed by atoms with E-state index in [0.29, 0.717) is 19.3 Å². The van der Waals surface area contributed by atoms with Gasteiger partial charge in [0, 0.05) is 0 Å². The highest BCUT2D eigenvalue weighted by molar-refractivity contribution is 5.80. The summed E-state index contributed by atoms with van der Waals surface area (Å²) >= 11 is 0. The molecule has 0 spiro atoms. The molecular formula is C58H109NO10. The van der Waals surface area contributed by atoms with Gasteiger partial charge in [-0.2, -0.15) is 0 Å². The van der Waals surface area contributed by atoms with E-state index in [1.807, 2.05) is 0 Å². The molecule has 0 bridgehead atoms. The Labute approximate surface area is 422 Å². The number of unbranched alkanes of at least 4 members (excludes halogenated alkanes) is 31. The summed E-state index contributed by atoms with van der Waals surface area (Å²) in [6.07, 6.45) is 46.3. The van der Waals surface area contributed by atoms with Crippen LogP contribution in [0.4, 0.5) is 0 Å². The zero-order valence-electron chi connectivity index (χ0n) is 44.3. The zero-order valence-corrected chi connectivity index (χ0v) is 44.3. The van der Waals surface area contributed by atoms with Gasteiger partial charge in [0.2, 0.25) is 5.91 Å². The third kappa shape index (κ3) is 36.0. The number of carbonyl (C=O) groups excluding carboxylic acids is 1. The van der Waals surface area contributed by atoms with Gasteiger partial charge in [-0.1, -0.05) is 230 Å². The molecule has 11 heteroatoms. The molecule has 1 fully saturated rings.